The van der Waals surface area contributed by atoms with Gasteiger partial charge in [-0.3, -0.25) is 14.3 Å². The molecule has 1 fully saturated rings. The number of rotatable bonds is 2. The molecule has 0 unspecified atom stereocenters. The number of fused-ring (bicyclic) bond motifs is 1. The molecule has 2 heterocycles. The molecule has 0 saturated carbocycles. The molecule has 0 aliphatic carbocycles. The van der Waals surface area contributed by atoms with Gasteiger partial charge in [-0.15, -0.1) is 13.2 Å². The summed E-state index contributed by atoms with van der Waals surface area (Å²) in [4.78, 5) is 25.8. The summed E-state index contributed by atoms with van der Waals surface area (Å²) in [6.07, 6.45) is -5.49. The van der Waals surface area contributed by atoms with E-state index in [9.17, 15) is 22.8 Å². The van der Waals surface area contributed by atoms with E-state index in [4.69, 9.17) is 4.42 Å². The topological polar surface area (TPSA) is 59.8 Å². The quantitative estimate of drug-likeness (QED) is 0.843. The zero-order valence-corrected chi connectivity index (χ0v) is 12.5. The molecule has 8 heteroatoms. The molecule has 0 N–H and O–H groups in total. The monoisotopic (exact) mass is 341 g/mol. The number of ether oxygens (including phenoxy) is 1. The zero-order valence-electron chi connectivity index (χ0n) is 12.5. The number of carbonyl (C=O) groups is 1. The van der Waals surface area contributed by atoms with Crippen LogP contribution >= 0.6 is 0 Å². The molecule has 1 aliphatic heterocycles. The van der Waals surface area contributed by atoms with Crippen molar-refractivity contribution in [1.29, 1.82) is 0 Å². The number of carbonyl (C=O) groups excluding carboxylic acids is 1. The van der Waals surface area contributed by atoms with Crippen LogP contribution in [0.15, 0.2) is 39.5 Å². The van der Waals surface area contributed by atoms with E-state index in [1.54, 1.807) is 24.3 Å². The highest BCUT2D eigenvalue weighted by molar-refractivity contribution is 5.93. The number of hydrogen-bond acceptors (Lipinski definition) is 4. The van der Waals surface area contributed by atoms with Crippen LogP contribution in [0, 0.1) is 0 Å². The van der Waals surface area contributed by atoms with Gasteiger partial charge in [0.15, 0.2) is 11.2 Å². The van der Waals surface area contributed by atoms with Gasteiger partial charge in [-0.1, -0.05) is 12.1 Å². The number of hydrogen-bond donors (Lipinski definition) is 0. The number of para-hydroxylation sites is 1. The maximum Gasteiger partial charge on any atom is 0.522 e. The first kappa shape index (κ1) is 16.5. The van der Waals surface area contributed by atoms with Gasteiger partial charge in [0, 0.05) is 19.2 Å². The van der Waals surface area contributed by atoms with Gasteiger partial charge >= 0.3 is 6.36 Å². The largest absolute Gasteiger partial charge is 0.522 e. The van der Waals surface area contributed by atoms with Crippen molar-refractivity contribution in [3.8, 4) is 0 Å². The van der Waals surface area contributed by atoms with E-state index < -0.39 is 18.4 Å². The number of likely N-dealkylation sites (tertiary alicyclic amines) is 1. The van der Waals surface area contributed by atoms with Crippen LogP contribution in [-0.4, -0.2) is 36.4 Å². The van der Waals surface area contributed by atoms with Crippen molar-refractivity contribution in [1.82, 2.24) is 4.90 Å². The highest BCUT2D eigenvalue weighted by Crippen LogP contribution is 2.25. The van der Waals surface area contributed by atoms with Crippen molar-refractivity contribution < 1.29 is 27.1 Å². The lowest BCUT2D eigenvalue weighted by atomic mass is 10.1. The summed E-state index contributed by atoms with van der Waals surface area (Å²) in [6, 6.07) is 7.65. The van der Waals surface area contributed by atoms with Gasteiger partial charge in [0.05, 0.1) is 11.5 Å². The van der Waals surface area contributed by atoms with Crippen molar-refractivity contribution >= 4 is 16.9 Å². The van der Waals surface area contributed by atoms with E-state index in [1.807, 2.05) is 0 Å². The second kappa shape index (κ2) is 6.27. The number of halogens is 3. The Morgan fingerprint density at radius 3 is 2.54 bits per heavy atom. The molecule has 24 heavy (non-hydrogen) atoms. The zero-order chi connectivity index (χ0) is 17.3. The summed E-state index contributed by atoms with van der Waals surface area (Å²) >= 11 is 0. The van der Waals surface area contributed by atoms with Crippen molar-refractivity contribution in [2.24, 2.45) is 0 Å². The summed E-state index contributed by atoms with van der Waals surface area (Å²) in [5.41, 5.74) is -0.0425. The van der Waals surface area contributed by atoms with Gasteiger partial charge in [-0.2, -0.15) is 0 Å². The number of benzene rings is 1. The second-order valence-electron chi connectivity index (χ2n) is 5.53. The molecule has 1 aromatic heterocycles. The first-order chi connectivity index (χ1) is 11.3. The number of piperidine rings is 1. The van der Waals surface area contributed by atoms with E-state index in [0.717, 1.165) is 6.07 Å². The Balaban J connectivity index is 1.73. The normalized spacial score (nSPS) is 16.5. The Morgan fingerprint density at radius 1 is 1.21 bits per heavy atom. The van der Waals surface area contributed by atoms with Gasteiger partial charge in [0.2, 0.25) is 0 Å². The van der Waals surface area contributed by atoms with E-state index in [0.29, 0.717) is 11.0 Å². The van der Waals surface area contributed by atoms with Crippen LogP contribution in [0.2, 0.25) is 0 Å². The van der Waals surface area contributed by atoms with Gasteiger partial charge in [0.25, 0.3) is 5.91 Å². The van der Waals surface area contributed by atoms with Crippen LogP contribution in [0.4, 0.5) is 13.2 Å². The molecule has 1 aromatic carbocycles. The third-order valence-electron chi connectivity index (χ3n) is 3.87. The van der Waals surface area contributed by atoms with Crippen LogP contribution in [0.25, 0.3) is 11.0 Å². The van der Waals surface area contributed by atoms with Crippen molar-refractivity contribution in [2.75, 3.05) is 13.1 Å². The van der Waals surface area contributed by atoms with Gasteiger partial charge in [0.1, 0.15) is 5.58 Å². The van der Waals surface area contributed by atoms with Gasteiger partial charge in [-0.05, 0) is 25.0 Å². The molecule has 0 bridgehead atoms. The smallest absolute Gasteiger partial charge is 0.451 e. The van der Waals surface area contributed by atoms with E-state index >= 15 is 0 Å². The first-order valence-corrected chi connectivity index (χ1v) is 7.40. The maximum absolute atomic E-state index is 12.4. The van der Waals surface area contributed by atoms with E-state index in [-0.39, 0.29) is 37.1 Å². The van der Waals surface area contributed by atoms with Crippen LogP contribution in [0.3, 0.4) is 0 Å². The number of nitrogens with zero attached hydrogens (tertiary/aromatic N) is 1. The van der Waals surface area contributed by atoms with Gasteiger partial charge < -0.3 is 9.32 Å². The van der Waals surface area contributed by atoms with E-state index in [1.165, 1.54) is 4.90 Å². The average molecular weight is 341 g/mol. The number of amides is 1. The first-order valence-electron chi connectivity index (χ1n) is 7.40. The maximum atomic E-state index is 12.4. The third-order valence-corrected chi connectivity index (χ3v) is 3.87. The average Bonchev–Trinajstić information content (AvgIpc) is 2.53. The minimum atomic E-state index is -4.68. The molecule has 128 valence electrons. The summed E-state index contributed by atoms with van der Waals surface area (Å²) in [5, 5.41) is 0.367. The third kappa shape index (κ3) is 3.59. The molecule has 0 atom stereocenters. The van der Waals surface area contributed by atoms with E-state index in [2.05, 4.69) is 4.74 Å². The minimum absolute atomic E-state index is 0.0725. The minimum Gasteiger partial charge on any atom is -0.451 e. The Kier molecular flexibility index (Phi) is 4.31. The Labute approximate surface area is 134 Å². The van der Waals surface area contributed by atoms with Crippen LogP contribution < -0.4 is 5.43 Å². The molecule has 1 aliphatic rings. The Morgan fingerprint density at radius 2 is 1.88 bits per heavy atom. The molecule has 3 rings (SSSR count). The fourth-order valence-corrected chi connectivity index (χ4v) is 2.73. The molecule has 5 nitrogen and oxygen atoms in total. The Bertz CT molecular complexity index is 807. The molecular weight excluding hydrogens is 327 g/mol. The fourth-order valence-electron chi connectivity index (χ4n) is 2.73. The van der Waals surface area contributed by atoms with Crippen LogP contribution in [0.1, 0.15) is 23.4 Å². The highest BCUT2D eigenvalue weighted by atomic mass is 19.4. The standard InChI is InChI=1S/C16H14F3NO4/c17-16(18,19)24-10-5-7-20(8-6-10)15(22)14-9-12(21)11-3-1-2-4-13(11)23-14/h1-4,9-10H,5-8H2. The predicted octanol–water partition coefficient (Wildman–Crippen LogP) is 2.93. The molecular formula is C16H14F3NO4. The lowest BCUT2D eigenvalue weighted by Gasteiger charge is -2.31. The molecule has 1 saturated heterocycles. The predicted molar refractivity (Wildman–Crippen MR) is 78.5 cm³/mol. The van der Waals surface area contributed by atoms with Crippen molar-refractivity contribution in [3.63, 3.8) is 0 Å². The SMILES string of the molecule is O=C(c1cc(=O)c2ccccc2o1)N1CCC(OC(F)(F)F)CC1. The molecule has 1 amide bonds. The Hall–Kier alpha value is -2.35. The fraction of sp³-hybridized carbons (Fsp3) is 0.375. The summed E-state index contributed by atoms with van der Waals surface area (Å²) in [7, 11) is 0. The van der Waals surface area contributed by atoms with Crippen LogP contribution in [-0.2, 0) is 4.74 Å². The molecule has 0 spiro atoms. The summed E-state index contributed by atoms with van der Waals surface area (Å²) in [5.74, 6) is -0.628. The lowest BCUT2D eigenvalue weighted by Crippen LogP contribution is -2.42. The molecule has 2 aromatic rings. The second-order valence-corrected chi connectivity index (χ2v) is 5.53. The highest BCUT2D eigenvalue weighted by Gasteiger charge is 2.36. The summed E-state index contributed by atoms with van der Waals surface area (Å²) < 4.78 is 46.0. The number of alkyl halides is 3. The summed E-state index contributed by atoms with van der Waals surface area (Å²) in [6.45, 7) is 0.215. The lowest BCUT2D eigenvalue weighted by molar-refractivity contribution is -0.345. The van der Waals surface area contributed by atoms with Gasteiger partial charge in [-0.25, -0.2) is 0 Å². The van der Waals surface area contributed by atoms with Crippen molar-refractivity contribution in [3.05, 3.63) is 46.3 Å². The van der Waals surface area contributed by atoms with Crippen LogP contribution in [0.5, 0.6) is 0 Å². The van der Waals surface area contributed by atoms with Crippen molar-refractivity contribution in [2.45, 2.75) is 25.3 Å². The molecule has 0 radical (unpaired) electrons.